The van der Waals surface area contributed by atoms with Gasteiger partial charge >= 0.3 is 0 Å². The molecule has 0 aliphatic carbocycles. The van der Waals surface area contributed by atoms with Crippen LogP contribution in [0, 0.1) is 0 Å². The number of hydrogen-bond donors (Lipinski definition) is 2. The second-order valence-electron chi connectivity index (χ2n) is 3.99. The molecule has 0 bridgehead atoms. The van der Waals surface area contributed by atoms with Crippen molar-refractivity contribution in [3.63, 3.8) is 0 Å². The first-order chi connectivity index (χ1) is 8.72. The number of nitrogens with zero attached hydrogens (tertiary/aromatic N) is 1. The van der Waals surface area contributed by atoms with E-state index in [0.717, 1.165) is 18.8 Å². The molecule has 1 heterocycles. The van der Waals surface area contributed by atoms with Crippen LogP contribution in [-0.4, -0.2) is 38.8 Å². The minimum Gasteiger partial charge on any atom is -0.378 e. The SMILES string of the molecule is Cl.Cl.NCC(=O)Nc1cccc(Cl)c1N1CCOCC1. The molecule has 114 valence electrons. The first kappa shape index (κ1) is 19.3. The van der Waals surface area contributed by atoms with E-state index < -0.39 is 0 Å². The predicted octanol–water partition coefficient (Wildman–Crippen LogP) is 1.92. The number of para-hydroxylation sites is 1. The first-order valence-corrected chi connectivity index (χ1v) is 6.21. The van der Waals surface area contributed by atoms with Crippen molar-refractivity contribution in [2.24, 2.45) is 5.73 Å². The minimum absolute atomic E-state index is 0. The largest absolute Gasteiger partial charge is 0.378 e. The number of ether oxygens (including phenoxy) is 1. The summed E-state index contributed by atoms with van der Waals surface area (Å²) in [6.07, 6.45) is 0. The second-order valence-corrected chi connectivity index (χ2v) is 4.39. The lowest BCUT2D eigenvalue weighted by atomic mass is 10.2. The molecular weight excluding hydrogens is 325 g/mol. The van der Waals surface area contributed by atoms with Gasteiger partial charge in [0.25, 0.3) is 0 Å². The minimum atomic E-state index is -0.230. The molecular formula is C12H18Cl3N3O2. The highest BCUT2D eigenvalue weighted by Gasteiger charge is 2.18. The van der Waals surface area contributed by atoms with Crippen LogP contribution < -0.4 is 16.0 Å². The van der Waals surface area contributed by atoms with E-state index in [2.05, 4.69) is 10.2 Å². The average molecular weight is 343 g/mol. The molecule has 0 aromatic heterocycles. The Morgan fingerprint density at radius 3 is 2.60 bits per heavy atom. The molecule has 20 heavy (non-hydrogen) atoms. The van der Waals surface area contributed by atoms with E-state index in [4.69, 9.17) is 22.1 Å². The summed E-state index contributed by atoms with van der Waals surface area (Å²) in [5, 5.41) is 3.38. The standard InChI is InChI=1S/C12H16ClN3O2.2ClH/c13-9-2-1-3-10(15-11(17)8-14)12(9)16-4-6-18-7-5-16;;/h1-3H,4-8,14H2,(H,15,17);2*1H. The number of amides is 1. The summed E-state index contributed by atoms with van der Waals surface area (Å²) >= 11 is 6.22. The molecule has 1 saturated heterocycles. The van der Waals surface area contributed by atoms with Gasteiger partial charge in [-0.3, -0.25) is 4.79 Å². The maximum Gasteiger partial charge on any atom is 0.238 e. The van der Waals surface area contributed by atoms with Crippen molar-refractivity contribution in [1.29, 1.82) is 0 Å². The Hall–Kier alpha value is -0.720. The summed E-state index contributed by atoms with van der Waals surface area (Å²) in [6, 6.07) is 5.44. The zero-order valence-electron chi connectivity index (χ0n) is 10.8. The Morgan fingerprint density at radius 2 is 2.00 bits per heavy atom. The maximum atomic E-state index is 11.4. The van der Waals surface area contributed by atoms with Gasteiger partial charge in [0.05, 0.1) is 36.2 Å². The maximum absolute atomic E-state index is 11.4. The van der Waals surface area contributed by atoms with Crippen LogP contribution in [0.3, 0.4) is 0 Å². The lowest BCUT2D eigenvalue weighted by Crippen LogP contribution is -2.37. The van der Waals surface area contributed by atoms with Gasteiger partial charge in [0, 0.05) is 13.1 Å². The Morgan fingerprint density at radius 1 is 1.35 bits per heavy atom. The number of anilines is 2. The van der Waals surface area contributed by atoms with Gasteiger partial charge in [-0.1, -0.05) is 17.7 Å². The molecule has 1 aromatic rings. The summed E-state index contributed by atoms with van der Waals surface area (Å²) in [7, 11) is 0. The highest BCUT2D eigenvalue weighted by molar-refractivity contribution is 6.34. The van der Waals surface area contributed by atoms with Crippen molar-refractivity contribution >= 4 is 53.7 Å². The van der Waals surface area contributed by atoms with Crippen LogP contribution in [0.25, 0.3) is 0 Å². The third-order valence-electron chi connectivity index (χ3n) is 2.77. The Kier molecular flexibility index (Phi) is 8.93. The van der Waals surface area contributed by atoms with E-state index in [1.165, 1.54) is 0 Å². The van der Waals surface area contributed by atoms with Crippen LogP contribution in [-0.2, 0) is 9.53 Å². The second kappa shape index (κ2) is 9.26. The Bertz CT molecular complexity index is 440. The first-order valence-electron chi connectivity index (χ1n) is 5.83. The zero-order valence-corrected chi connectivity index (χ0v) is 13.2. The fourth-order valence-electron chi connectivity index (χ4n) is 1.93. The number of morpholine rings is 1. The topological polar surface area (TPSA) is 67.6 Å². The van der Waals surface area contributed by atoms with Gasteiger partial charge in [0.1, 0.15) is 0 Å². The van der Waals surface area contributed by atoms with Gasteiger partial charge in [0.15, 0.2) is 0 Å². The van der Waals surface area contributed by atoms with Gasteiger partial charge in [-0.15, -0.1) is 24.8 Å². The van der Waals surface area contributed by atoms with Crippen molar-refractivity contribution in [3.8, 4) is 0 Å². The highest BCUT2D eigenvalue weighted by Crippen LogP contribution is 2.34. The summed E-state index contributed by atoms with van der Waals surface area (Å²) in [5.74, 6) is -0.230. The smallest absolute Gasteiger partial charge is 0.238 e. The lowest BCUT2D eigenvalue weighted by Gasteiger charge is -2.31. The Balaban J connectivity index is 0.00000180. The van der Waals surface area contributed by atoms with Crippen LogP contribution in [0.4, 0.5) is 11.4 Å². The number of benzene rings is 1. The molecule has 1 fully saturated rings. The molecule has 2 rings (SSSR count). The van der Waals surface area contributed by atoms with Crippen LogP contribution in [0.1, 0.15) is 0 Å². The third kappa shape index (κ3) is 4.68. The molecule has 0 atom stereocenters. The third-order valence-corrected chi connectivity index (χ3v) is 3.08. The molecule has 8 heteroatoms. The molecule has 3 N–H and O–H groups in total. The molecule has 1 aliphatic rings. The molecule has 0 unspecified atom stereocenters. The van der Waals surface area contributed by atoms with E-state index in [1.807, 2.05) is 12.1 Å². The van der Waals surface area contributed by atoms with Crippen molar-refractivity contribution < 1.29 is 9.53 Å². The van der Waals surface area contributed by atoms with Gasteiger partial charge in [-0.2, -0.15) is 0 Å². The predicted molar refractivity (Wildman–Crippen MR) is 86.7 cm³/mol. The fourth-order valence-corrected chi connectivity index (χ4v) is 2.22. The number of nitrogens with one attached hydrogen (secondary N) is 1. The van der Waals surface area contributed by atoms with Crippen molar-refractivity contribution in [2.45, 2.75) is 0 Å². The van der Waals surface area contributed by atoms with Crippen LogP contribution in [0.2, 0.25) is 5.02 Å². The Labute approximate surface area is 135 Å². The van der Waals surface area contributed by atoms with E-state index in [1.54, 1.807) is 6.07 Å². The molecule has 1 aromatic carbocycles. The summed E-state index contributed by atoms with van der Waals surface area (Å²) in [5.41, 5.74) is 6.84. The molecule has 0 radical (unpaired) electrons. The van der Waals surface area contributed by atoms with Crippen molar-refractivity contribution in [1.82, 2.24) is 0 Å². The summed E-state index contributed by atoms with van der Waals surface area (Å²) < 4.78 is 5.31. The molecule has 1 amide bonds. The van der Waals surface area contributed by atoms with Crippen molar-refractivity contribution in [2.75, 3.05) is 43.1 Å². The number of halogens is 3. The van der Waals surface area contributed by atoms with Gasteiger partial charge in [-0.05, 0) is 12.1 Å². The van der Waals surface area contributed by atoms with Crippen LogP contribution in [0.15, 0.2) is 18.2 Å². The average Bonchev–Trinajstić information content (AvgIpc) is 2.40. The monoisotopic (exact) mass is 341 g/mol. The lowest BCUT2D eigenvalue weighted by molar-refractivity contribution is -0.114. The van der Waals surface area contributed by atoms with Crippen molar-refractivity contribution in [3.05, 3.63) is 23.2 Å². The number of rotatable bonds is 3. The normalized spacial score (nSPS) is 14.0. The molecule has 5 nitrogen and oxygen atoms in total. The van der Waals surface area contributed by atoms with Crippen LogP contribution in [0.5, 0.6) is 0 Å². The molecule has 0 spiro atoms. The van der Waals surface area contributed by atoms with Gasteiger partial charge < -0.3 is 20.7 Å². The molecule has 1 aliphatic heterocycles. The van der Waals surface area contributed by atoms with E-state index >= 15 is 0 Å². The summed E-state index contributed by atoms with van der Waals surface area (Å²) in [4.78, 5) is 13.5. The molecule has 0 saturated carbocycles. The number of carbonyl (C=O) groups is 1. The summed E-state index contributed by atoms with van der Waals surface area (Å²) in [6.45, 7) is 2.80. The van der Waals surface area contributed by atoms with Gasteiger partial charge in [-0.25, -0.2) is 0 Å². The number of hydrogen-bond acceptors (Lipinski definition) is 4. The fraction of sp³-hybridized carbons (Fsp3) is 0.417. The number of carbonyl (C=O) groups excluding carboxylic acids is 1. The number of nitrogens with two attached hydrogens (primary N) is 1. The highest BCUT2D eigenvalue weighted by atomic mass is 35.5. The van der Waals surface area contributed by atoms with Crippen LogP contribution >= 0.6 is 36.4 Å². The quantitative estimate of drug-likeness (QED) is 0.880. The van der Waals surface area contributed by atoms with E-state index in [9.17, 15) is 4.79 Å². The van der Waals surface area contributed by atoms with E-state index in [-0.39, 0.29) is 37.3 Å². The van der Waals surface area contributed by atoms with E-state index in [0.29, 0.717) is 23.9 Å². The zero-order chi connectivity index (χ0) is 13.0. The van der Waals surface area contributed by atoms with Gasteiger partial charge in [0.2, 0.25) is 5.91 Å².